The molecule has 0 saturated heterocycles. The van der Waals surface area contributed by atoms with Crippen LogP contribution >= 0.6 is 34.7 Å². The van der Waals surface area contributed by atoms with Gasteiger partial charge in [-0.1, -0.05) is 33.8 Å². The van der Waals surface area contributed by atoms with Gasteiger partial charge in [-0.15, -0.1) is 5.10 Å². The van der Waals surface area contributed by atoms with Crippen molar-refractivity contribution in [1.82, 2.24) is 9.59 Å². The first-order chi connectivity index (χ1) is 7.18. The summed E-state index contributed by atoms with van der Waals surface area (Å²) in [7, 11) is 0. The van der Waals surface area contributed by atoms with E-state index in [0.717, 1.165) is 11.3 Å². The van der Waals surface area contributed by atoms with Crippen LogP contribution in [0.2, 0.25) is 10.0 Å². The van der Waals surface area contributed by atoms with Crippen molar-refractivity contribution < 1.29 is 0 Å². The Labute approximate surface area is 101 Å². The Kier molecular flexibility index (Phi) is 3.21. The average Bonchev–Trinajstić information content (AvgIpc) is 2.74. The van der Waals surface area contributed by atoms with Gasteiger partial charge in [0, 0.05) is 5.38 Å². The molecule has 0 amide bonds. The monoisotopic (exact) mass is 259 g/mol. The molecule has 1 heterocycles. The first-order valence-electron chi connectivity index (χ1n) is 4.16. The van der Waals surface area contributed by atoms with Gasteiger partial charge in [-0.2, -0.15) is 0 Å². The summed E-state index contributed by atoms with van der Waals surface area (Å²) in [6.07, 6.45) is 0. The van der Waals surface area contributed by atoms with E-state index in [2.05, 4.69) is 9.59 Å². The van der Waals surface area contributed by atoms with Crippen LogP contribution in [0.4, 0.5) is 0 Å². The number of hydrogen-bond donors (Lipinski definition) is 1. The molecule has 1 aromatic heterocycles. The topological polar surface area (TPSA) is 51.8 Å². The van der Waals surface area contributed by atoms with E-state index in [-0.39, 0.29) is 6.04 Å². The molecule has 0 bridgehead atoms. The number of hydrogen-bond acceptors (Lipinski definition) is 4. The highest BCUT2D eigenvalue weighted by Gasteiger charge is 2.12. The standard InChI is InChI=1S/C9H7Cl2N3S/c10-6-2-1-5(3-7(6)11)9(12)8-4-15-14-13-8/h1-4,9H,12H2. The zero-order valence-electron chi connectivity index (χ0n) is 7.52. The van der Waals surface area contributed by atoms with Gasteiger partial charge < -0.3 is 5.73 Å². The van der Waals surface area contributed by atoms with Gasteiger partial charge in [0.1, 0.15) is 0 Å². The fraction of sp³-hybridized carbons (Fsp3) is 0.111. The van der Waals surface area contributed by atoms with Crippen LogP contribution in [-0.4, -0.2) is 9.59 Å². The molecule has 0 spiro atoms. The number of nitrogens with two attached hydrogens (primary N) is 1. The Morgan fingerprint density at radius 2 is 2.07 bits per heavy atom. The third kappa shape index (κ3) is 2.29. The molecule has 0 radical (unpaired) electrons. The molecule has 2 N–H and O–H groups in total. The first kappa shape index (κ1) is 10.8. The molecule has 78 valence electrons. The molecule has 1 unspecified atom stereocenters. The molecule has 6 heteroatoms. The minimum atomic E-state index is -0.307. The fourth-order valence-corrected chi connectivity index (χ4v) is 1.98. The second kappa shape index (κ2) is 4.45. The maximum absolute atomic E-state index is 5.98. The van der Waals surface area contributed by atoms with Gasteiger partial charge >= 0.3 is 0 Å². The molecule has 15 heavy (non-hydrogen) atoms. The van der Waals surface area contributed by atoms with Crippen LogP contribution in [-0.2, 0) is 0 Å². The molecule has 0 fully saturated rings. The lowest BCUT2D eigenvalue weighted by atomic mass is 10.1. The third-order valence-corrected chi connectivity index (χ3v) is 3.26. The molecule has 1 atom stereocenters. The van der Waals surface area contributed by atoms with E-state index in [4.69, 9.17) is 28.9 Å². The smallest absolute Gasteiger partial charge is 0.0967 e. The van der Waals surface area contributed by atoms with E-state index in [1.54, 1.807) is 12.1 Å². The molecule has 0 aliphatic rings. The highest BCUT2D eigenvalue weighted by atomic mass is 35.5. The lowest BCUT2D eigenvalue weighted by Crippen LogP contribution is -2.12. The summed E-state index contributed by atoms with van der Waals surface area (Å²) in [6, 6.07) is 4.99. The summed E-state index contributed by atoms with van der Waals surface area (Å²) in [5, 5.41) is 6.74. The van der Waals surface area contributed by atoms with Crippen LogP contribution in [0.25, 0.3) is 0 Å². The Morgan fingerprint density at radius 1 is 1.27 bits per heavy atom. The Hall–Kier alpha value is -0.680. The summed E-state index contributed by atoms with van der Waals surface area (Å²) in [4.78, 5) is 0. The Morgan fingerprint density at radius 3 is 2.67 bits per heavy atom. The van der Waals surface area contributed by atoms with Gasteiger partial charge in [0.15, 0.2) is 0 Å². The van der Waals surface area contributed by atoms with Gasteiger partial charge in [0.2, 0.25) is 0 Å². The van der Waals surface area contributed by atoms with Crippen LogP contribution in [0.5, 0.6) is 0 Å². The quantitative estimate of drug-likeness (QED) is 0.903. The molecule has 1 aromatic carbocycles. The summed E-state index contributed by atoms with van der Waals surface area (Å²) >= 11 is 13.0. The lowest BCUT2D eigenvalue weighted by molar-refractivity contribution is 0.818. The fourth-order valence-electron chi connectivity index (χ4n) is 1.18. The molecule has 2 rings (SSSR count). The molecule has 2 aromatic rings. The normalized spacial score (nSPS) is 12.7. The van der Waals surface area contributed by atoms with Gasteiger partial charge in [-0.05, 0) is 29.2 Å². The second-order valence-electron chi connectivity index (χ2n) is 2.98. The van der Waals surface area contributed by atoms with Crippen molar-refractivity contribution in [1.29, 1.82) is 0 Å². The van der Waals surface area contributed by atoms with Gasteiger partial charge in [-0.3, -0.25) is 0 Å². The zero-order chi connectivity index (χ0) is 10.8. The maximum Gasteiger partial charge on any atom is 0.0967 e. The highest BCUT2D eigenvalue weighted by Crippen LogP contribution is 2.27. The van der Waals surface area contributed by atoms with Gasteiger partial charge in [0.25, 0.3) is 0 Å². The van der Waals surface area contributed by atoms with Crippen molar-refractivity contribution in [3.05, 3.63) is 44.9 Å². The Balaban J connectivity index is 2.34. The zero-order valence-corrected chi connectivity index (χ0v) is 9.85. The number of halogens is 2. The summed E-state index contributed by atoms with van der Waals surface area (Å²) in [5.41, 5.74) is 7.59. The molecule has 0 saturated carbocycles. The van der Waals surface area contributed by atoms with Crippen LogP contribution in [0.3, 0.4) is 0 Å². The molecule has 0 aliphatic heterocycles. The van der Waals surface area contributed by atoms with Crippen LogP contribution in [0.1, 0.15) is 17.3 Å². The van der Waals surface area contributed by atoms with E-state index in [9.17, 15) is 0 Å². The van der Waals surface area contributed by atoms with Crippen LogP contribution < -0.4 is 5.73 Å². The highest BCUT2D eigenvalue weighted by molar-refractivity contribution is 7.03. The molecular formula is C9H7Cl2N3S. The van der Waals surface area contributed by atoms with Crippen molar-refractivity contribution in [2.24, 2.45) is 5.73 Å². The van der Waals surface area contributed by atoms with Crippen molar-refractivity contribution in [3.8, 4) is 0 Å². The number of nitrogens with zero attached hydrogens (tertiary/aromatic N) is 2. The van der Waals surface area contributed by atoms with E-state index >= 15 is 0 Å². The van der Waals surface area contributed by atoms with Crippen molar-refractivity contribution in [2.45, 2.75) is 6.04 Å². The minimum absolute atomic E-state index is 0.307. The predicted octanol–water partition coefficient (Wildman–Crippen LogP) is 2.89. The SMILES string of the molecule is NC(c1ccc(Cl)c(Cl)c1)c1csnn1. The van der Waals surface area contributed by atoms with E-state index < -0.39 is 0 Å². The second-order valence-corrected chi connectivity index (χ2v) is 4.41. The summed E-state index contributed by atoms with van der Waals surface area (Å²) in [5.74, 6) is 0. The number of benzene rings is 1. The van der Waals surface area contributed by atoms with Gasteiger partial charge in [0.05, 0.1) is 21.8 Å². The molecular weight excluding hydrogens is 253 g/mol. The predicted molar refractivity (Wildman–Crippen MR) is 62.4 cm³/mol. The van der Waals surface area contributed by atoms with Crippen LogP contribution in [0.15, 0.2) is 23.6 Å². The molecule has 3 nitrogen and oxygen atoms in total. The first-order valence-corrected chi connectivity index (χ1v) is 5.75. The maximum atomic E-state index is 5.98. The van der Waals surface area contributed by atoms with E-state index in [0.29, 0.717) is 10.0 Å². The summed E-state index contributed by atoms with van der Waals surface area (Å²) in [6.45, 7) is 0. The van der Waals surface area contributed by atoms with Crippen molar-refractivity contribution in [3.63, 3.8) is 0 Å². The molecule has 0 aliphatic carbocycles. The number of aromatic nitrogens is 2. The third-order valence-electron chi connectivity index (χ3n) is 2.00. The van der Waals surface area contributed by atoms with Crippen LogP contribution in [0, 0.1) is 0 Å². The van der Waals surface area contributed by atoms with Gasteiger partial charge in [-0.25, -0.2) is 0 Å². The average molecular weight is 260 g/mol. The van der Waals surface area contributed by atoms with E-state index in [1.165, 1.54) is 11.5 Å². The lowest BCUT2D eigenvalue weighted by Gasteiger charge is -2.09. The number of rotatable bonds is 2. The Bertz CT molecular complexity index is 458. The van der Waals surface area contributed by atoms with Crippen molar-refractivity contribution in [2.75, 3.05) is 0 Å². The van der Waals surface area contributed by atoms with E-state index in [1.807, 2.05) is 11.4 Å². The summed E-state index contributed by atoms with van der Waals surface area (Å²) < 4.78 is 3.76. The van der Waals surface area contributed by atoms with Crippen molar-refractivity contribution >= 4 is 34.7 Å². The minimum Gasteiger partial charge on any atom is -0.319 e. The largest absolute Gasteiger partial charge is 0.319 e.